The van der Waals surface area contributed by atoms with Gasteiger partial charge in [0.15, 0.2) is 0 Å². The van der Waals surface area contributed by atoms with Gasteiger partial charge in [0.05, 0.1) is 6.04 Å². The quantitative estimate of drug-likeness (QED) is 0.658. The predicted molar refractivity (Wildman–Crippen MR) is 71.4 cm³/mol. The number of rotatable bonds is 3. The average Bonchev–Trinajstić information content (AvgIpc) is 2.38. The first-order chi connectivity index (χ1) is 9.02. The van der Waals surface area contributed by atoms with E-state index in [9.17, 15) is 8.78 Å². The maximum atomic E-state index is 13.9. The number of aryl methyl sites for hydroxylation is 2. The Morgan fingerprint density at radius 3 is 2.42 bits per heavy atom. The SMILES string of the molecule is Cc1ccc(C)c(C(NN)c2cc(F)ccc2F)c1. The molecule has 0 aliphatic carbocycles. The van der Waals surface area contributed by atoms with E-state index in [1.165, 1.54) is 6.07 Å². The highest BCUT2D eigenvalue weighted by Crippen LogP contribution is 2.27. The van der Waals surface area contributed by atoms with E-state index in [0.717, 1.165) is 28.8 Å². The van der Waals surface area contributed by atoms with Crippen molar-refractivity contribution in [3.05, 3.63) is 70.3 Å². The van der Waals surface area contributed by atoms with E-state index >= 15 is 0 Å². The molecule has 0 aliphatic rings. The van der Waals surface area contributed by atoms with Crippen LogP contribution in [0.4, 0.5) is 8.78 Å². The molecule has 0 saturated heterocycles. The van der Waals surface area contributed by atoms with E-state index in [4.69, 9.17) is 5.84 Å². The molecule has 2 nitrogen and oxygen atoms in total. The molecular weight excluding hydrogens is 246 g/mol. The van der Waals surface area contributed by atoms with Crippen LogP contribution in [0.1, 0.15) is 28.3 Å². The molecule has 2 aromatic carbocycles. The van der Waals surface area contributed by atoms with Gasteiger partial charge in [0.1, 0.15) is 11.6 Å². The predicted octanol–water partition coefficient (Wildman–Crippen LogP) is 3.13. The Labute approximate surface area is 111 Å². The number of nitrogens with one attached hydrogen (secondary N) is 1. The zero-order valence-electron chi connectivity index (χ0n) is 10.9. The molecule has 2 rings (SSSR count). The molecule has 0 fully saturated rings. The van der Waals surface area contributed by atoms with Crippen LogP contribution in [0.3, 0.4) is 0 Å². The summed E-state index contributed by atoms with van der Waals surface area (Å²) in [5, 5.41) is 0. The fourth-order valence-electron chi connectivity index (χ4n) is 2.15. The van der Waals surface area contributed by atoms with Gasteiger partial charge >= 0.3 is 0 Å². The number of hydrogen-bond donors (Lipinski definition) is 2. The van der Waals surface area contributed by atoms with E-state index in [1.807, 2.05) is 32.0 Å². The van der Waals surface area contributed by atoms with Crippen LogP contribution < -0.4 is 11.3 Å². The highest BCUT2D eigenvalue weighted by Gasteiger charge is 2.19. The molecule has 0 bridgehead atoms. The zero-order chi connectivity index (χ0) is 14.0. The van der Waals surface area contributed by atoms with Crippen LogP contribution in [0.2, 0.25) is 0 Å². The Morgan fingerprint density at radius 2 is 1.74 bits per heavy atom. The summed E-state index contributed by atoms with van der Waals surface area (Å²) in [6.45, 7) is 3.86. The van der Waals surface area contributed by atoms with Crippen molar-refractivity contribution in [2.24, 2.45) is 5.84 Å². The Kier molecular flexibility index (Phi) is 3.93. The van der Waals surface area contributed by atoms with E-state index in [-0.39, 0.29) is 5.56 Å². The van der Waals surface area contributed by atoms with Crippen LogP contribution in [-0.2, 0) is 0 Å². The van der Waals surface area contributed by atoms with Gasteiger partial charge in [0, 0.05) is 5.56 Å². The molecular formula is C15H16F2N2. The van der Waals surface area contributed by atoms with Crippen molar-refractivity contribution < 1.29 is 8.78 Å². The van der Waals surface area contributed by atoms with Gasteiger partial charge in [-0.2, -0.15) is 0 Å². The molecule has 4 heteroatoms. The van der Waals surface area contributed by atoms with Crippen molar-refractivity contribution in [1.82, 2.24) is 5.43 Å². The summed E-state index contributed by atoms with van der Waals surface area (Å²) >= 11 is 0. The highest BCUT2D eigenvalue weighted by molar-refractivity contribution is 5.39. The monoisotopic (exact) mass is 262 g/mol. The van der Waals surface area contributed by atoms with Crippen LogP contribution in [0.25, 0.3) is 0 Å². The molecule has 1 atom stereocenters. The summed E-state index contributed by atoms with van der Waals surface area (Å²) in [6.07, 6.45) is 0. The minimum atomic E-state index is -0.574. The lowest BCUT2D eigenvalue weighted by Crippen LogP contribution is -2.30. The van der Waals surface area contributed by atoms with Crippen LogP contribution in [-0.4, -0.2) is 0 Å². The third kappa shape index (κ3) is 2.80. The van der Waals surface area contributed by atoms with Crippen molar-refractivity contribution in [2.45, 2.75) is 19.9 Å². The van der Waals surface area contributed by atoms with Crippen molar-refractivity contribution in [1.29, 1.82) is 0 Å². The van der Waals surface area contributed by atoms with Crippen molar-refractivity contribution in [2.75, 3.05) is 0 Å². The average molecular weight is 262 g/mol. The molecule has 0 spiro atoms. The fourth-order valence-corrected chi connectivity index (χ4v) is 2.15. The second-order valence-electron chi connectivity index (χ2n) is 4.63. The van der Waals surface area contributed by atoms with Gasteiger partial charge < -0.3 is 0 Å². The van der Waals surface area contributed by atoms with Gasteiger partial charge in [-0.05, 0) is 43.2 Å². The molecule has 1 unspecified atom stereocenters. The zero-order valence-corrected chi connectivity index (χ0v) is 10.9. The second kappa shape index (κ2) is 5.47. The lowest BCUT2D eigenvalue weighted by molar-refractivity contribution is 0.544. The summed E-state index contributed by atoms with van der Waals surface area (Å²) in [5.41, 5.74) is 5.62. The normalized spacial score (nSPS) is 12.5. The Morgan fingerprint density at radius 1 is 1.00 bits per heavy atom. The topological polar surface area (TPSA) is 38.0 Å². The van der Waals surface area contributed by atoms with E-state index in [1.54, 1.807) is 0 Å². The first-order valence-electron chi connectivity index (χ1n) is 6.01. The molecule has 0 saturated carbocycles. The number of hydrogen-bond acceptors (Lipinski definition) is 2. The standard InChI is InChI=1S/C15H16F2N2/c1-9-3-4-10(2)12(7-9)15(19-18)13-8-11(16)5-6-14(13)17/h3-8,15,19H,18H2,1-2H3. The Balaban J connectivity index is 2.55. The van der Waals surface area contributed by atoms with Crippen LogP contribution >= 0.6 is 0 Å². The van der Waals surface area contributed by atoms with Gasteiger partial charge in [-0.1, -0.05) is 23.8 Å². The van der Waals surface area contributed by atoms with E-state index < -0.39 is 17.7 Å². The van der Waals surface area contributed by atoms with Crippen molar-refractivity contribution in [3.8, 4) is 0 Å². The third-order valence-electron chi connectivity index (χ3n) is 3.18. The Bertz CT molecular complexity index is 545. The van der Waals surface area contributed by atoms with Gasteiger partial charge in [-0.25, -0.2) is 14.2 Å². The van der Waals surface area contributed by atoms with Gasteiger partial charge in [0.2, 0.25) is 0 Å². The fraction of sp³-hybridized carbons (Fsp3) is 0.200. The molecule has 0 heterocycles. The van der Waals surface area contributed by atoms with Crippen molar-refractivity contribution in [3.63, 3.8) is 0 Å². The van der Waals surface area contributed by atoms with Crippen LogP contribution in [0.15, 0.2) is 36.4 Å². The number of halogens is 2. The summed E-state index contributed by atoms with van der Waals surface area (Å²) in [7, 11) is 0. The summed E-state index contributed by atoms with van der Waals surface area (Å²) in [6, 6.07) is 8.62. The Hall–Kier alpha value is -1.78. The maximum Gasteiger partial charge on any atom is 0.128 e. The van der Waals surface area contributed by atoms with E-state index in [2.05, 4.69) is 5.43 Å². The summed E-state index contributed by atoms with van der Waals surface area (Å²) in [5.74, 6) is 4.57. The highest BCUT2D eigenvalue weighted by atomic mass is 19.1. The molecule has 2 aromatic rings. The number of hydrazine groups is 1. The smallest absolute Gasteiger partial charge is 0.128 e. The van der Waals surface area contributed by atoms with Gasteiger partial charge in [-0.3, -0.25) is 5.84 Å². The molecule has 100 valence electrons. The third-order valence-corrected chi connectivity index (χ3v) is 3.18. The van der Waals surface area contributed by atoms with Gasteiger partial charge in [0.25, 0.3) is 0 Å². The molecule has 0 radical (unpaired) electrons. The molecule has 0 amide bonds. The molecule has 0 aliphatic heterocycles. The number of nitrogens with two attached hydrogens (primary N) is 1. The maximum absolute atomic E-state index is 13.9. The van der Waals surface area contributed by atoms with E-state index in [0.29, 0.717) is 0 Å². The van der Waals surface area contributed by atoms with Crippen molar-refractivity contribution >= 4 is 0 Å². The summed E-state index contributed by atoms with van der Waals surface area (Å²) in [4.78, 5) is 0. The first-order valence-corrected chi connectivity index (χ1v) is 6.01. The largest absolute Gasteiger partial charge is 0.271 e. The molecule has 19 heavy (non-hydrogen) atoms. The first kappa shape index (κ1) is 13.6. The van der Waals surface area contributed by atoms with Crippen LogP contribution in [0.5, 0.6) is 0 Å². The lowest BCUT2D eigenvalue weighted by Gasteiger charge is -2.20. The minimum absolute atomic E-state index is 0.205. The molecule has 0 aromatic heterocycles. The van der Waals surface area contributed by atoms with Crippen LogP contribution in [0, 0.1) is 25.5 Å². The second-order valence-corrected chi connectivity index (χ2v) is 4.63. The lowest BCUT2D eigenvalue weighted by atomic mass is 9.93. The van der Waals surface area contributed by atoms with Gasteiger partial charge in [-0.15, -0.1) is 0 Å². The minimum Gasteiger partial charge on any atom is -0.271 e. The number of benzene rings is 2. The summed E-state index contributed by atoms with van der Waals surface area (Å²) < 4.78 is 27.2. The molecule has 3 N–H and O–H groups in total.